The van der Waals surface area contributed by atoms with Crippen molar-refractivity contribution in [3.63, 3.8) is 0 Å². The zero-order valence-corrected chi connectivity index (χ0v) is 11.0. The summed E-state index contributed by atoms with van der Waals surface area (Å²) in [7, 11) is 0. The van der Waals surface area contributed by atoms with Crippen molar-refractivity contribution in [1.29, 1.82) is 0 Å². The molecule has 0 spiro atoms. The van der Waals surface area contributed by atoms with E-state index in [-0.39, 0.29) is 30.3 Å². The Bertz CT molecular complexity index is 477. The first-order chi connectivity index (χ1) is 9.08. The summed E-state index contributed by atoms with van der Waals surface area (Å²) >= 11 is 0. The maximum absolute atomic E-state index is 11.9. The Kier molecular flexibility index (Phi) is 5.79. The van der Waals surface area contributed by atoms with E-state index < -0.39 is 0 Å². The van der Waals surface area contributed by atoms with E-state index >= 15 is 0 Å². The Labute approximate surface area is 112 Å². The molecule has 0 atom stereocenters. The monoisotopic (exact) mass is 262 g/mol. The van der Waals surface area contributed by atoms with Crippen LogP contribution >= 0.6 is 0 Å². The van der Waals surface area contributed by atoms with Gasteiger partial charge in [0.1, 0.15) is 5.75 Å². The summed E-state index contributed by atoms with van der Waals surface area (Å²) in [6.45, 7) is 5.63. The molecule has 0 aliphatic rings. The number of hydrogen-bond donors (Lipinski definition) is 1. The number of phenols is 1. The average Bonchev–Trinajstić information content (AvgIpc) is 2.39. The molecule has 1 aromatic rings. The van der Waals surface area contributed by atoms with E-state index in [0.717, 1.165) is 0 Å². The molecule has 1 rings (SSSR count). The summed E-state index contributed by atoms with van der Waals surface area (Å²) in [6.07, 6.45) is 2.33. The van der Waals surface area contributed by atoms with Crippen LogP contribution in [0, 0.1) is 0 Å². The molecule has 4 nitrogen and oxygen atoms in total. The number of carbonyl (C=O) groups excluding carboxylic acids is 2. The van der Waals surface area contributed by atoms with Gasteiger partial charge >= 0.3 is 5.97 Å². The number of rotatable bonds is 7. The molecule has 0 aromatic heterocycles. The third-order valence-corrected chi connectivity index (χ3v) is 2.63. The lowest BCUT2D eigenvalue weighted by molar-refractivity contribution is -0.143. The van der Waals surface area contributed by atoms with Crippen LogP contribution in [-0.4, -0.2) is 23.5 Å². The van der Waals surface area contributed by atoms with Gasteiger partial charge in [0, 0.05) is 12.0 Å². The van der Waals surface area contributed by atoms with Crippen LogP contribution in [0.2, 0.25) is 0 Å². The fourth-order valence-corrected chi connectivity index (χ4v) is 1.67. The van der Waals surface area contributed by atoms with Crippen molar-refractivity contribution >= 4 is 11.8 Å². The zero-order chi connectivity index (χ0) is 14.3. The molecule has 0 aliphatic carbocycles. The van der Waals surface area contributed by atoms with Gasteiger partial charge in [-0.05, 0) is 37.1 Å². The smallest absolute Gasteiger partial charge is 0.306 e. The zero-order valence-electron chi connectivity index (χ0n) is 11.0. The van der Waals surface area contributed by atoms with Crippen molar-refractivity contribution in [2.45, 2.75) is 26.2 Å². The van der Waals surface area contributed by atoms with E-state index in [0.29, 0.717) is 24.2 Å². The second kappa shape index (κ2) is 7.36. The first kappa shape index (κ1) is 15.0. The molecule has 0 heterocycles. The summed E-state index contributed by atoms with van der Waals surface area (Å²) in [5.41, 5.74) is 1.14. The molecule has 102 valence electrons. The van der Waals surface area contributed by atoms with Crippen LogP contribution in [0.15, 0.2) is 30.9 Å². The van der Waals surface area contributed by atoms with Gasteiger partial charge in [0.25, 0.3) is 0 Å². The van der Waals surface area contributed by atoms with Crippen molar-refractivity contribution in [3.05, 3.63) is 42.0 Å². The van der Waals surface area contributed by atoms with Crippen LogP contribution in [0.1, 0.15) is 35.7 Å². The Morgan fingerprint density at radius 3 is 2.74 bits per heavy atom. The summed E-state index contributed by atoms with van der Waals surface area (Å²) < 4.78 is 4.77. The van der Waals surface area contributed by atoms with Gasteiger partial charge in [0.05, 0.1) is 13.0 Å². The normalized spacial score (nSPS) is 9.95. The molecule has 0 saturated heterocycles. The number of ketones is 1. The molecule has 0 fully saturated rings. The molecular formula is C15H18O4. The lowest BCUT2D eigenvalue weighted by atomic mass is 10.0. The quantitative estimate of drug-likeness (QED) is 0.466. The summed E-state index contributed by atoms with van der Waals surface area (Å²) in [6, 6.07) is 4.66. The minimum atomic E-state index is -0.374. The van der Waals surface area contributed by atoms with Crippen molar-refractivity contribution in [3.8, 4) is 5.75 Å². The predicted octanol–water partition coefficient (Wildman–Crippen LogP) is 2.65. The van der Waals surface area contributed by atoms with E-state index in [1.54, 1.807) is 25.1 Å². The molecule has 0 radical (unpaired) electrons. The molecule has 0 amide bonds. The Morgan fingerprint density at radius 2 is 2.11 bits per heavy atom. The first-order valence-corrected chi connectivity index (χ1v) is 6.20. The van der Waals surface area contributed by atoms with Crippen LogP contribution in [0.25, 0.3) is 0 Å². The number of ether oxygens (including phenoxy) is 1. The van der Waals surface area contributed by atoms with Crippen molar-refractivity contribution in [2.75, 3.05) is 6.61 Å². The molecule has 0 unspecified atom stereocenters. The van der Waals surface area contributed by atoms with Crippen LogP contribution in [-0.2, 0) is 16.0 Å². The molecule has 1 N–H and O–H groups in total. The van der Waals surface area contributed by atoms with E-state index in [4.69, 9.17) is 4.74 Å². The highest BCUT2D eigenvalue weighted by Crippen LogP contribution is 2.20. The Morgan fingerprint density at radius 1 is 1.37 bits per heavy atom. The molecular weight excluding hydrogens is 244 g/mol. The molecule has 1 aromatic carbocycles. The van der Waals surface area contributed by atoms with Gasteiger partial charge in [-0.2, -0.15) is 0 Å². The number of Topliss-reactive ketones (excluding diaryl/α,β-unsaturated/α-hetero) is 1. The summed E-state index contributed by atoms with van der Waals surface area (Å²) in [5.74, 6) is -0.374. The topological polar surface area (TPSA) is 63.6 Å². The van der Waals surface area contributed by atoms with Gasteiger partial charge in [-0.15, -0.1) is 6.58 Å². The average molecular weight is 262 g/mol. The lowest BCUT2D eigenvalue weighted by Crippen LogP contribution is -2.08. The SMILES string of the molecule is C=CCc1cc(C(=O)CCC(=O)OCC)ccc1O. The molecule has 0 bridgehead atoms. The van der Waals surface area contributed by atoms with Crippen molar-refractivity contribution < 1.29 is 19.4 Å². The number of benzene rings is 1. The van der Waals surface area contributed by atoms with Crippen molar-refractivity contribution in [2.24, 2.45) is 0 Å². The van der Waals surface area contributed by atoms with Gasteiger partial charge in [0.2, 0.25) is 0 Å². The standard InChI is InChI=1S/C15H18O4/c1-3-5-11-10-12(6-7-13(11)16)14(17)8-9-15(18)19-4-2/h3,6-7,10,16H,1,4-5,8-9H2,2H3. The molecule has 4 heteroatoms. The summed E-state index contributed by atoms with van der Waals surface area (Å²) in [5, 5.41) is 9.60. The highest BCUT2D eigenvalue weighted by Gasteiger charge is 2.11. The number of allylic oxidation sites excluding steroid dienone is 1. The highest BCUT2D eigenvalue weighted by atomic mass is 16.5. The first-order valence-electron chi connectivity index (χ1n) is 6.20. The number of aromatic hydroxyl groups is 1. The third kappa shape index (κ3) is 4.58. The van der Waals surface area contributed by atoms with Crippen LogP contribution in [0.5, 0.6) is 5.75 Å². The van der Waals surface area contributed by atoms with Gasteiger partial charge in [-0.1, -0.05) is 6.08 Å². The molecule has 0 aliphatic heterocycles. The third-order valence-electron chi connectivity index (χ3n) is 2.63. The maximum atomic E-state index is 11.9. The van der Waals surface area contributed by atoms with E-state index in [9.17, 15) is 14.7 Å². The van der Waals surface area contributed by atoms with Crippen molar-refractivity contribution in [1.82, 2.24) is 0 Å². The molecule has 0 saturated carbocycles. The van der Waals surface area contributed by atoms with Crippen LogP contribution < -0.4 is 0 Å². The second-order valence-electron chi connectivity index (χ2n) is 4.06. The summed E-state index contributed by atoms with van der Waals surface area (Å²) in [4.78, 5) is 23.1. The van der Waals surface area contributed by atoms with Gasteiger partial charge in [-0.25, -0.2) is 0 Å². The second-order valence-corrected chi connectivity index (χ2v) is 4.06. The van der Waals surface area contributed by atoms with E-state index in [1.165, 1.54) is 6.07 Å². The lowest BCUT2D eigenvalue weighted by Gasteiger charge is -2.06. The Balaban J connectivity index is 2.69. The number of carbonyl (C=O) groups is 2. The largest absolute Gasteiger partial charge is 0.508 e. The number of esters is 1. The highest BCUT2D eigenvalue weighted by molar-refractivity contribution is 5.97. The fourth-order valence-electron chi connectivity index (χ4n) is 1.67. The predicted molar refractivity (Wildman–Crippen MR) is 72.2 cm³/mol. The van der Waals surface area contributed by atoms with E-state index in [1.807, 2.05) is 0 Å². The number of hydrogen-bond acceptors (Lipinski definition) is 4. The van der Waals surface area contributed by atoms with Gasteiger partial charge in [0.15, 0.2) is 5.78 Å². The minimum absolute atomic E-state index is 0.0738. The fraction of sp³-hybridized carbons (Fsp3) is 0.333. The maximum Gasteiger partial charge on any atom is 0.306 e. The van der Waals surface area contributed by atoms with E-state index in [2.05, 4.69) is 6.58 Å². The number of phenolic OH excluding ortho intramolecular Hbond substituents is 1. The van der Waals surface area contributed by atoms with Gasteiger partial charge in [-0.3, -0.25) is 9.59 Å². The van der Waals surface area contributed by atoms with Crippen LogP contribution in [0.3, 0.4) is 0 Å². The minimum Gasteiger partial charge on any atom is -0.508 e. The molecule has 19 heavy (non-hydrogen) atoms. The van der Waals surface area contributed by atoms with Gasteiger partial charge < -0.3 is 9.84 Å². The van der Waals surface area contributed by atoms with Crippen LogP contribution in [0.4, 0.5) is 0 Å². The Hall–Kier alpha value is -2.10.